The summed E-state index contributed by atoms with van der Waals surface area (Å²) in [5, 5.41) is 4.07. The summed E-state index contributed by atoms with van der Waals surface area (Å²) in [5.41, 5.74) is 4.02. The Labute approximate surface area is 135 Å². The second-order valence-electron chi connectivity index (χ2n) is 5.02. The molecule has 1 heterocycles. The van der Waals surface area contributed by atoms with Gasteiger partial charge in [-0.15, -0.1) is 0 Å². The van der Waals surface area contributed by atoms with Crippen LogP contribution in [0.2, 0.25) is 0 Å². The Kier molecular flexibility index (Phi) is 5.41. The zero-order chi connectivity index (χ0) is 16.8. The third-order valence-corrected chi connectivity index (χ3v) is 3.21. The first-order chi connectivity index (χ1) is 11.0. The van der Waals surface area contributed by atoms with Crippen molar-refractivity contribution >= 4 is 11.6 Å². The molecule has 1 aromatic carbocycles. The lowest BCUT2D eigenvalue weighted by atomic mass is 10.2. The van der Waals surface area contributed by atoms with Crippen LogP contribution in [0, 0.1) is 13.8 Å². The predicted octanol–water partition coefficient (Wildman–Crippen LogP) is 2.82. The largest absolute Gasteiger partial charge is 0.497 e. The molecule has 0 spiro atoms. The SMILES string of the molecule is COc1ccc(OCC(=O)N/N=C(/C)c2cc(C)oc2C)cc1. The third kappa shape index (κ3) is 4.60. The Morgan fingerprint density at radius 3 is 2.43 bits per heavy atom. The van der Waals surface area contributed by atoms with Crippen molar-refractivity contribution in [2.45, 2.75) is 20.8 Å². The Morgan fingerprint density at radius 2 is 1.87 bits per heavy atom. The van der Waals surface area contributed by atoms with E-state index in [1.165, 1.54) is 0 Å². The molecule has 6 nitrogen and oxygen atoms in total. The number of aryl methyl sites for hydroxylation is 2. The fraction of sp³-hybridized carbons (Fsp3) is 0.294. The molecule has 0 unspecified atom stereocenters. The summed E-state index contributed by atoms with van der Waals surface area (Å²) in [5.74, 6) is 2.56. The molecule has 2 rings (SSSR count). The minimum atomic E-state index is -0.335. The van der Waals surface area contributed by atoms with Crippen molar-refractivity contribution in [2.75, 3.05) is 13.7 Å². The number of hydrazone groups is 1. The number of ether oxygens (including phenoxy) is 2. The van der Waals surface area contributed by atoms with Crippen LogP contribution in [0.25, 0.3) is 0 Å². The molecule has 2 aromatic rings. The molecular formula is C17H20N2O4. The van der Waals surface area contributed by atoms with E-state index in [4.69, 9.17) is 13.9 Å². The van der Waals surface area contributed by atoms with E-state index in [-0.39, 0.29) is 12.5 Å². The standard InChI is InChI=1S/C17H20N2O4/c1-11-9-16(13(3)23-11)12(2)18-19-17(20)10-22-15-7-5-14(21-4)6-8-15/h5-9H,10H2,1-4H3,(H,19,20)/b18-12-. The molecule has 0 saturated heterocycles. The number of nitrogens with one attached hydrogen (secondary N) is 1. The number of rotatable bonds is 6. The molecule has 0 fully saturated rings. The van der Waals surface area contributed by atoms with E-state index < -0.39 is 0 Å². The van der Waals surface area contributed by atoms with E-state index >= 15 is 0 Å². The number of nitrogens with zero attached hydrogens (tertiary/aromatic N) is 1. The number of methoxy groups -OCH3 is 1. The summed E-state index contributed by atoms with van der Waals surface area (Å²) in [4.78, 5) is 11.8. The first-order valence-electron chi connectivity index (χ1n) is 7.17. The van der Waals surface area contributed by atoms with Crippen LogP contribution in [-0.4, -0.2) is 25.3 Å². The maximum atomic E-state index is 11.8. The minimum Gasteiger partial charge on any atom is -0.497 e. The smallest absolute Gasteiger partial charge is 0.277 e. The highest BCUT2D eigenvalue weighted by Gasteiger charge is 2.08. The van der Waals surface area contributed by atoms with Gasteiger partial charge in [0.2, 0.25) is 0 Å². The van der Waals surface area contributed by atoms with E-state index in [2.05, 4.69) is 10.5 Å². The highest BCUT2D eigenvalue weighted by molar-refractivity contribution is 6.00. The Bertz CT molecular complexity index is 702. The maximum absolute atomic E-state index is 11.8. The van der Waals surface area contributed by atoms with Crippen LogP contribution in [0.4, 0.5) is 0 Å². The molecule has 0 atom stereocenters. The highest BCUT2D eigenvalue weighted by atomic mass is 16.5. The van der Waals surface area contributed by atoms with Gasteiger partial charge in [0.25, 0.3) is 5.91 Å². The number of amides is 1. The van der Waals surface area contributed by atoms with Gasteiger partial charge in [0.05, 0.1) is 12.8 Å². The van der Waals surface area contributed by atoms with Gasteiger partial charge in [0, 0.05) is 5.56 Å². The molecule has 0 aliphatic carbocycles. The zero-order valence-corrected chi connectivity index (χ0v) is 13.7. The second-order valence-corrected chi connectivity index (χ2v) is 5.02. The fourth-order valence-corrected chi connectivity index (χ4v) is 2.05. The molecule has 1 N–H and O–H groups in total. The monoisotopic (exact) mass is 316 g/mol. The van der Waals surface area contributed by atoms with Crippen molar-refractivity contribution in [2.24, 2.45) is 5.10 Å². The average molecular weight is 316 g/mol. The normalized spacial score (nSPS) is 11.2. The lowest BCUT2D eigenvalue weighted by Gasteiger charge is -2.06. The first kappa shape index (κ1) is 16.6. The first-order valence-corrected chi connectivity index (χ1v) is 7.17. The zero-order valence-electron chi connectivity index (χ0n) is 13.7. The third-order valence-electron chi connectivity index (χ3n) is 3.21. The van der Waals surface area contributed by atoms with Crippen molar-refractivity contribution in [3.8, 4) is 11.5 Å². The summed E-state index contributed by atoms with van der Waals surface area (Å²) in [6, 6.07) is 8.88. The van der Waals surface area contributed by atoms with Crippen LogP contribution in [0.1, 0.15) is 24.0 Å². The van der Waals surface area contributed by atoms with Gasteiger partial charge in [-0.25, -0.2) is 5.43 Å². The van der Waals surface area contributed by atoms with Crippen LogP contribution >= 0.6 is 0 Å². The van der Waals surface area contributed by atoms with E-state index in [1.54, 1.807) is 31.4 Å². The molecule has 122 valence electrons. The summed E-state index contributed by atoms with van der Waals surface area (Å²) in [6.07, 6.45) is 0. The average Bonchev–Trinajstić information content (AvgIpc) is 2.89. The van der Waals surface area contributed by atoms with Crippen LogP contribution in [0.15, 0.2) is 39.9 Å². The van der Waals surface area contributed by atoms with Gasteiger partial charge in [0.1, 0.15) is 23.0 Å². The van der Waals surface area contributed by atoms with Gasteiger partial charge in [-0.1, -0.05) is 0 Å². The Balaban J connectivity index is 1.86. The summed E-state index contributed by atoms with van der Waals surface area (Å²) in [6.45, 7) is 5.41. The van der Waals surface area contributed by atoms with Crippen molar-refractivity contribution in [1.82, 2.24) is 5.43 Å². The second kappa shape index (κ2) is 7.49. The molecule has 0 aliphatic rings. The Hall–Kier alpha value is -2.76. The quantitative estimate of drug-likeness (QED) is 0.657. The number of carbonyl (C=O) groups is 1. The molecule has 1 aromatic heterocycles. The maximum Gasteiger partial charge on any atom is 0.277 e. The van der Waals surface area contributed by atoms with Crippen LogP contribution in [0.3, 0.4) is 0 Å². The molecule has 0 saturated carbocycles. The molecular weight excluding hydrogens is 296 g/mol. The van der Waals surface area contributed by atoms with E-state index in [1.807, 2.05) is 26.8 Å². The van der Waals surface area contributed by atoms with Crippen molar-refractivity contribution in [3.05, 3.63) is 47.4 Å². The number of furan rings is 1. The summed E-state index contributed by atoms with van der Waals surface area (Å²) >= 11 is 0. The number of hydrogen-bond donors (Lipinski definition) is 1. The highest BCUT2D eigenvalue weighted by Crippen LogP contribution is 2.17. The van der Waals surface area contributed by atoms with Crippen LogP contribution in [-0.2, 0) is 4.79 Å². The number of carbonyl (C=O) groups excluding carboxylic acids is 1. The molecule has 23 heavy (non-hydrogen) atoms. The topological polar surface area (TPSA) is 73.1 Å². The van der Waals surface area contributed by atoms with Gasteiger partial charge in [0.15, 0.2) is 6.61 Å². The summed E-state index contributed by atoms with van der Waals surface area (Å²) < 4.78 is 15.9. The lowest BCUT2D eigenvalue weighted by Crippen LogP contribution is -2.25. The van der Waals surface area contributed by atoms with Crippen molar-refractivity contribution in [1.29, 1.82) is 0 Å². The number of hydrogen-bond acceptors (Lipinski definition) is 5. The number of benzene rings is 1. The van der Waals surface area contributed by atoms with Crippen LogP contribution < -0.4 is 14.9 Å². The van der Waals surface area contributed by atoms with E-state index in [0.29, 0.717) is 11.5 Å². The van der Waals surface area contributed by atoms with Crippen molar-refractivity contribution < 1.29 is 18.7 Å². The van der Waals surface area contributed by atoms with Gasteiger partial charge in [-0.3, -0.25) is 4.79 Å². The fourth-order valence-electron chi connectivity index (χ4n) is 2.05. The molecule has 0 radical (unpaired) electrons. The van der Waals surface area contributed by atoms with Gasteiger partial charge >= 0.3 is 0 Å². The molecule has 0 bridgehead atoms. The molecule has 1 amide bonds. The molecule has 6 heteroatoms. The molecule has 0 aliphatic heterocycles. The lowest BCUT2D eigenvalue weighted by molar-refractivity contribution is -0.123. The van der Waals surface area contributed by atoms with Gasteiger partial charge in [-0.2, -0.15) is 5.10 Å². The van der Waals surface area contributed by atoms with Gasteiger partial charge in [-0.05, 0) is 51.1 Å². The predicted molar refractivity (Wildman–Crippen MR) is 87.0 cm³/mol. The minimum absolute atomic E-state index is 0.119. The van der Waals surface area contributed by atoms with Gasteiger partial charge < -0.3 is 13.9 Å². The van der Waals surface area contributed by atoms with E-state index in [9.17, 15) is 4.79 Å². The van der Waals surface area contributed by atoms with E-state index in [0.717, 1.165) is 22.8 Å². The van der Waals surface area contributed by atoms with Crippen molar-refractivity contribution in [3.63, 3.8) is 0 Å². The Morgan fingerprint density at radius 1 is 1.22 bits per heavy atom. The van der Waals surface area contributed by atoms with Crippen LogP contribution in [0.5, 0.6) is 11.5 Å². The summed E-state index contributed by atoms with van der Waals surface area (Å²) in [7, 11) is 1.59.